The van der Waals surface area contributed by atoms with Crippen molar-refractivity contribution in [3.63, 3.8) is 0 Å². The zero-order chi connectivity index (χ0) is 18.1. The average molecular weight is 412 g/mol. The number of benzene rings is 2. The molecule has 136 valence electrons. The summed E-state index contributed by atoms with van der Waals surface area (Å²) in [5.74, 6) is 1.03. The first-order valence-electron chi connectivity index (χ1n) is 8.28. The first kappa shape index (κ1) is 19.7. The maximum Gasteiger partial charge on any atom is 0.175 e. The molecule has 0 spiro atoms. The summed E-state index contributed by atoms with van der Waals surface area (Å²) in [6.45, 7) is 4.38. The molecule has 2 N–H and O–H groups in total. The van der Waals surface area contributed by atoms with Crippen LogP contribution in [0.1, 0.15) is 24.5 Å². The van der Waals surface area contributed by atoms with Crippen molar-refractivity contribution in [2.75, 3.05) is 19.8 Å². The Morgan fingerprint density at radius 1 is 1.12 bits per heavy atom. The van der Waals surface area contributed by atoms with Crippen LogP contribution in [-0.2, 0) is 13.2 Å². The Kier molecular flexibility index (Phi) is 8.18. The SMILES string of the molecule is CCOc1cc(CNCCCO)cc(Br)c1OCc1ccc(F)cc1. The van der Waals surface area contributed by atoms with Gasteiger partial charge in [-0.2, -0.15) is 0 Å². The van der Waals surface area contributed by atoms with Gasteiger partial charge in [-0.15, -0.1) is 0 Å². The van der Waals surface area contributed by atoms with E-state index >= 15 is 0 Å². The lowest BCUT2D eigenvalue weighted by Gasteiger charge is -2.16. The third-order valence-corrected chi connectivity index (χ3v) is 4.10. The lowest BCUT2D eigenvalue weighted by atomic mass is 10.2. The molecule has 0 unspecified atom stereocenters. The Bertz CT molecular complexity index is 664. The van der Waals surface area contributed by atoms with E-state index in [-0.39, 0.29) is 12.4 Å². The number of rotatable bonds is 10. The van der Waals surface area contributed by atoms with Crippen LogP contribution >= 0.6 is 15.9 Å². The van der Waals surface area contributed by atoms with E-state index in [2.05, 4.69) is 21.2 Å². The second kappa shape index (κ2) is 10.4. The second-order valence-corrected chi connectivity index (χ2v) is 6.36. The first-order valence-corrected chi connectivity index (χ1v) is 9.07. The summed E-state index contributed by atoms with van der Waals surface area (Å²) in [4.78, 5) is 0. The van der Waals surface area contributed by atoms with Crippen LogP contribution in [0.4, 0.5) is 4.39 Å². The molecule has 6 heteroatoms. The largest absolute Gasteiger partial charge is 0.490 e. The number of hydrogen-bond acceptors (Lipinski definition) is 4. The lowest BCUT2D eigenvalue weighted by Crippen LogP contribution is -2.16. The molecule has 2 rings (SSSR count). The van der Waals surface area contributed by atoms with Gasteiger partial charge >= 0.3 is 0 Å². The smallest absolute Gasteiger partial charge is 0.175 e. The average Bonchev–Trinajstić information content (AvgIpc) is 2.60. The summed E-state index contributed by atoms with van der Waals surface area (Å²) in [5.41, 5.74) is 1.94. The maximum atomic E-state index is 13.0. The summed E-state index contributed by atoms with van der Waals surface area (Å²) >= 11 is 3.54. The minimum Gasteiger partial charge on any atom is -0.490 e. The molecule has 0 radical (unpaired) electrons. The number of aliphatic hydroxyl groups is 1. The molecule has 4 nitrogen and oxygen atoms in total. The normalized spacial score (nSPS) is 10.7. The highest BCUT2D eigenvalue weighted by atomic mass is 79.9. The van der Waals surface area contributed by atoms with Gasteiger partial charge in [-0.1, -0.05) is 12.1 Å². The number of aliphatic hydroxyl groups excluding tert-OH is 1. The molecule has 2 aromatic carbocycles. The van der Waals surface area contributed by atoms with Gasteiger partial charge in [-0.25, -0.2) is 4.39 Å². The topological polar surface area (TPSA) is 50.7 Å². The van der Waals surface area contributed by atoms with Crippen molar-refractivity contribution in [2.24, 2.45) is 0 Å². The Balaban J connectivity index is 2.08. The third-order valence-electron chi connectivity index (χ3n) is 3.51. The van der Waals surface area contributed by atoms with Crippen LogP contribution in [0.5, 0.6) is 11.5 Å². The molecule has 0 bridgehead atoms. The molecule has 0 fully saturated rings. The van der Waals surface area contributed by atoms with Gasteiger partial charge in [-0.05, 0) is 71.2 Å². The molecular weight excluding hydrogens is 389 g/mol. The molecule has 0 aliphatic rings. The van der Waals surface area contributed by atoms with Gasteiger partial charge in [0, 0.05) is 13.2 Å². The molecule has 0 aliphatic heterocycles. The molecule has 25 heavy (non-hydrogen) atoms. The van der Waals surface area contributed by atoms with E-state index in [0.717, 1.165) is 28.6 Å². The molecule has 0 saturated heterocycles. The molecule has 0 aromatic heterocycles. The van der Waals surface area contributed by atoms with Gasteiger partial charge < -0.3 is 19.9 Å². The summed E-state index contributed by atoms with van der Waals surface area (Å²) in [6, 6.07) is 10.2. The van der Waals surface area contributed by atoms with E-state index in [9.17, 15) is 4.39 Å². The van der Waals surface area contributed by atoms with Crippen molar-refractivity contribution >= 4 is 15.9 Å². The Morgan fingerprint density at radius 3 is 2.56 bits per heavy atom. The van der Waals surface area contributed by atoms with Crippen molar-refractivity contribution in [1.29, 1.82) is 0 Å². The van der Waals surface area contributed by atoms with Crippen molar-refractivity contribution in [3.05, 3.63) is 57.8 Å². The van der Waals surface area contributed by atoms with Gasteiger partial charge in [0.05, 0.1) is 11.1 Å². The molecule has 2 aromatic rings. The fourth-order valence-electron chi connectivity index (χ4n) is 2.30. The monoisotopic (exact) mass is 411 g/mol. The van der Waals surface area contributed by atoms with Gasteiger partial charge in [0.15, 0.2) is 11.5 Å². The van der Waals surface area contributed by atoms with E-state index < -0.39 is 0 Å². The number of nitrogens with one attached hydrogen (secondary N) is 1. The number of ether oxygens (including phenoxy) is 2. The highest BCUT2D eigenvalue weighted by Gasteiger charge is 2.12. The highest BCUT2D eigenvalue weighted by molar-refractivity contribution is 9.10. The van der Waals surface area contributed by atoms with E-state index in [4.69, 9.17) is 14.6 Å². The van der Waals surface area contributed by atoms with Gasteiger partial charge in [0.1, 0.15) is 12.4 Å². The van der Waals surface area contributed by atoms with Crippen molar-refractivity contribution < 1.29 is 19.0 Å². The van der Waals surface area contributed by atoms with Gasteiger partial charge in [0.25, 0.3) is 0 Å². The predicted octanol–water partition coefficient (Wildman–Crippen LogP) is 4.04. The van der Waals surface area contributed by atoms with E-state index in [1.165, 1.54) is 12.1 Å². The predicted molar refractivity (Wildman–Crippen MR) is 99.5 cm³/mol. The van der Waals surface area contributed by atoms with Crippen LogP contribution in [0, 0.1) is 5.82 Å². The highest BCUT2D eigenvalue weighted by Crippen LogP contribution is 2.37. The van der Waals surface area contributed by atoms with E-state index in [1.54, 1.807) is 12.1 Å². The molecule has 0 heterocycles. The Labute approximate surface area is 156 Å². The van der Waals surface area contributed by atoms with Crippen LogP contribution in [-0.4, -0.2) is 24.9 Å². The Morgan fingerprint density at radius 2 is 1.88 bits per heavy atom. The van der Waals surface area contributed by atoms with Gasteiger partial charge in [0.2, 0.25) is 0 Å². The second-order valence-electron chi connectivity index (χ2n) is 5.51. The van der Waals surface area contributed by atoms with Crippen molar-refractivity contribution in [3.8, 4) is 11.5 Å². The van der Waals surface area contributed by atoms with Crippen LogP contribution in [0.3, 0.4) is 0 Å². The van der Waals surface area contributed by atoms with E-state index in [0.29, 0.717) is 31.3 Å². The fourth-order valence-corrected chi connectivity index (χ4v) is 2.90. The summed E-state index contributed by atoms with van der Waals surface area (Å²) in [5, 5.41) is 12.1. The third kappa shape index (κ3) is 6.30. The molecule has 0 amide bonds. The van der Waals surface area contributed by atoms with Crippen molar-refractivity contribution in [2.45, 2.75) is 26.5 Å². The quantitative estimate of drug-likeness (QED) is 0.579. The van der Waals surface area contributed by atoms with Crippen LogP contribution in [0.25, 0.3) is 0 Å². The summed E-state index contributed by atoms with van der Waals surface area (Å²) in [7, 11) is 0. The fraction of sp³-hybridized carbons (Fsp3) is 0.368. The maximum absolute atomic E-state index is 13.0. The van der Waals surface area contributed by atoms with Crippen LogP contribution in [0.15, 0.2) is 40.9 Å². The zero-order valence-corrected chi connectivity index (χ0v) is 15.8. The first-order chi connectivity index (χ1) is 12.1. The summed E-state index contributed by atoms with van der Waals surface area (Å²) in [6.07, 6.45) is 0.721. The molecule has 0 saturated carbocycles. The standard InChI is InChI=1S/C19H23BrFNO3/c1-2-24-18-11-15(12-22-8-3-9-23)10-17(20)19(18)25-13-14-4-6-16(21)7-5-14/h4-7,10-11,22-23H,2-3,8-9,12-13H2,1H3. The summed E-state index contributed by atoms with van der Waals surface area (Å²) < 4.78 is 25.4. The molecule has 0 atom stereocenters. The zero-order valence-electron chi connectivity index (χ0n) is 14.2. The molecule has 0 aliphatic carbocycles. The van der Waals surface area contributed by atoms with Gasteiger partial charge in [-0.3, -0.25) is 0 Å². The minimum atomic E-state index is -0.266. The number of hydrogen-bond donors (Lipinski definition) is 2. The van der Waals surface area contributed by atoms with Crippen LogP contribution in [0.2, 0.25) is 0 Å². The Hall–Kier alpha value is -1.63. The lowest BCUT2D eigenvalue weighted by molar-refractivity contribution is 0.267. The van der Waals surface area contributed by atoms with E-state index in [1.807, 2.05) is 19.1 Å². The number of halogens is 2. The van der Waals surface area contributed by atoms with Crippen LogP contribution < -0.4 is 14.8 Å². The minimum absolute atomic E-state index is 0.178. The van der Waals surface area contributed by atoms with Crippen molar-refractivity contribution in [1.82, 2.24) is 5.32 Å². The molecular formula is C19H23BrFNO3.